The molecule has 152 valence electrons. The Morgan fingerprint density at radius 1 is 0.903 bits per heavy atom. The highest BCUT2D eigenvalue weighted by molar-refractivity contribution is 5.95. The standard InChI is InChI=1S/C26H22N4O/c1-17-4-3-5-19(12-17)16-30-11-9-21(15-25(30)31)20-6-7-24-23(14-20)26(29-28-24)22-8-10-27-18(2)13-22/h3-15H,16H2,1-2H3,(H,28,29). The van der Waals surface area contributed by atoms with Crippen LogP contribution < -0.4 is 5.56 Å². The average Bonchev–Trinajstić information content (AvgIpc) is 3.18. The van der Waals surface area contributed by atoms with Gasteiger partial charge in [-0.25, -0.2) is 0 Å². The molecule has 0 spiro atoms. The van der Waals surface area contributed by atoms with Crippen LogP contribution in [0.15, 0.2) is 83.9 Å². The van der Waals surface area contributed by atoms with Gasteiger partial charge in [0, 0.05) is 35.1 Å². The van der Waals surface area contributed by atoms with Crippen LogP contribution >= 0.6 is 0 Å². The fraction of sp³-hybridized carbons (Fsp3) is 0.115. The molecular weight excluding hydrogens is 384 g/mol. The summed E-state index contributed by atoms with van der Waals surface area (Å²) in [5.41, 5.74) is 7.98. The number of benzene rings is 2. The summed E-state index contributed by atoms with van der Waals surface area (Å²) in [4.78, 5) is 17.1. The Kier molecular flexibility index (Phi) is 4.71. The van der Waals surface area contributed by atoms with Crippen LogP contribution in [0.3, 0.4) is 0 Å². The van der Waals surface area contributed by atoms with E-state index in [0.29, 0.717) is 6.54 Å². The fourth-order valence-corrected chi connectivity index (χ4v) is 3.93. The molecule has 3 aromatic heterocycles. The van der Waals surface area contributed by atoms with Crippen molar-refractivity contribution >= 4 is 10.9 Å². The van der Waals surface area contributed by atoms with Gasteiger partial charge in [-0.05, 0) is 60.9 Å². The zero-order chi connectivity index (χ0) is 21.4. The molecule has 0 radical (unpaired) electrons. The van der Waals surface area contributed by atoms with Crippen molar-refractivity contribution in [1.82, 2.24) is 19.7 Å². The Morgan fingerprint density at radius 2 is 1.77 bits per heavy atom. The molecule has 1 N–H and O–H groups in total. The largest absolute Gasteiger partial charge is 0.311 e. The van der Waals surface area contributed by atoms with Crippen molar-refractivity contribution in [3.8, 4) is 22.4 Å². The number of pyridine rings is 2. The van der Waals surface area contributed by atoms with Gasteiger partial charge in [-0.3, -0.25) is 14.9 Å². The summed E-state index contributed by atoms with van der Waals surface area (Å²) in [5, 5.41) is 8.63. The molecule has 5 nitrogen and oxygen atoms in total. The Hall–Kier alpha value is -3.99. The predicted octanol–water partition coefficient (Wildman–Crippen LogP) is 5.12. The van der Waals surface area contributed by atoms with Crippen LogP contribution in [-0.4, -0.2) is 19.7 Å². The monoisotopic (exact) mass is 406 g/mol. The van der Waals surface area contributed by atoms with E-state index in [1.807, 2.05) is 55.6 Å². The molecule has 0 saturated carbocycles. The molecule has 31 heavy (non-hydrogen) atoms. The quantitative estimate of drug-likeness (QED) is 0.451. The maximum absolute atomic E-state index is 12.8. The Balaban J connectivity index is 1.51. The highest BCUT2D eigenvalue weighted by Crippen LogP contribution is 2.30. The summed E-state index contributed by atoms with van der Waals surface area (Å²) < 4.78 is 1.74. The molecule has 0 unspecified atom stereocenters. The second kappa shape index (κ2) is 7.69. The average molecular weight is 406 g/mol. The van der Waals surface area contributed by atoms with Gasteiger partial charge in [-0.15, -0.1) is 0 Å². The van der Waals surface area contributed by atoms with Crippen molar-refractivity contribution < 1.29 is 0 Å². The minimum Gasteiger partial charge on any atom is -0.311 e. The van der Waals surface area contributed by atoms with E-state index in [1.54, 1.807) is 16.8 Å². The van der Waals surface area contributed by atoms with E-state index in [0.717, 1.165) is 44.5 Å². The van der Waals surface area contributed by atoms with E-state index < -0.39 is 0 Å². The summed E-state index contributed by atoms with van der Waals surface area (Å²) >= 11 is 0. The Bertz CT molecular complexity index is 1460. The topological polar surface area (TPSA) is 63.6 Å². The molecule has 5 rings (SSSR count). The number of nitrogens with one attached hydrogen (secondary N) is 1. The SMILES string of the molecule is Cc1cccc(Cn2ccc(-c3ccc4[nH]nc(-c5ccnc(C)c5)c4c3)cc2=O)c1. The maximum Gasteiger partial charge on any atom is 0.251 e. The lowest BCUT2D eigenvalue weighted by atomic mass is 10.0. The van der Waals surface area contributed by atoms with Gasteiger partial charge in [0.05, 0.1) is 12.1 Å². The number of aromatic amines is 1. The molecule has 0 aliphatic carbocycles. The number of aromatic nitrogens is 4. The third kappa shape index (κ3) is 3.78. The predicted molar refractivity (Wildman–Crippen MR) is 124 cm³/mol. The smallest absolute Gasteiger partial charge is 0.251 e. The second-order valence-corrected chi connectivity index (χ2v) is 7.89. The van der Waals surface area contributed by atoms with Crippen LogP contribution in [0, 0.1) is 13.8 Å². The first-order chi connectivity index (χ1) is 15.1. The van der Waals surface area contributed by atoms with Crippen molar-refractivity contribution in [2.24, 2.45) is 0 Å². The van der Waals surface area contributed by atoms with Crippen LogP contribution in [0.5, 0.6) is 0 Å². The lowest BCUT2D eigenvalue weighted by Gasteiger charge is -2.09. The van der Waals surface area contributed by atoms with Gasteiger partial charge >= 0.3 is 0 Å². The van der Waals surface area contributed by atoms with Crippen molar-refractivity contribution in [2.75, 3.05) is 0 Å². The van der Waals surface area contributed by atoms with Crippen molar-refractivity contribution in [1.29, 1.82) is 0 Å². The van der Waals surface area contributed by atoms with E-state index in [1.165, 1.54) is 5.56 Å². The molecule has 5 aromatic rings. The summed E-state index contributed by atoms with van der Waals surface area (Å²) in [6.45, 7) is 4.59. The minimum atomic E-state index is -0.0173. The molecule has 0 fully saturated rings. The van der Waals surface area contributed by atoms with E-state index in [2.05, 4.69) is 40.3 Å². The van der Waals surface area contributed by atoms with Crippen LogP contribution in [0.2, 0.25) is 0 Å². The third-order valence-corrected chi connectivity index (χ3v) is 5.50. The molecule has 0 saturated heterocycles. The van der Waals surface area contributed by atoms with E-state index in [9.17, 15) is 4.79 Å². The van der Waals surface area contributed by atoms with Crippen LogP contribution in [0.1, 0.15) is 16.8 Å². The molecule has 0 amide bonds. The highest BCUT2D eigenvalue weighted by Gasteiger charge is 2.11. The fourth-order valence-electron chi connectivity index (χ4n) is 3.93. The molecule has 0 aliphatic rings. The summed E-state index contributed by atoms with van der Waals surface area (Å²) in [6, 6.07) is 22.0. The lowest BCUT2D eigenvalue weighted by Crippen LogP contribution is -2.19. The van der Waals surface area contributed by atoms with Gasteiger partial charge in [0.15, 0.2) is 0 Å². The number of hydrogen-bond acceptors (Lipinski definition) is 3. The van der Waals surface area contributed by atoms with Gasteiger partial charge in [0.25, 0.3) is 5.56 Å². The first-order valence-corrected chi connectivity index (χ1v) is 10.2. The highest BCUT2D eigenvalue weighted by atomic mass is 16.1. The van der Waals surface area contributed by atoms with E-state index in [4.69, 9.17) is 0 Å². The van der Waals surface area contributed by atoms with Crippen molar-refractivity contribution in [2.45, 2.75) is 20.4 Å². The number of hydrogen-bond donors (Lipinski definition) is 1. The zero-order valence-electron chi connectivity index (χ0n) is 17.5. The molecule has 2 aromatic carbocycles. The lowest BCUT2D eigenvalue weighted by molar-refractivity contribution is 0.759. The van der Waals surface area contributed by atoms with Gasteiger partial charge in [-0.1, -0.05) is 35.9 Å². The number of rotatable bonds is 4. The molecule has 5 heteroatoms. The van der Waals surface area contributed by atoms with E-state index >= 15 is 0 Å². The van der Waals surface area contributed by atoms with E-state index in [-0.39, 0.29) is 5.56 Å². The number of H-pyrrole nitrogens is 1. The molecular formula is C26H22N4O. The third-order valence-electron chi connectivity index (χ3n) is 5.50. The van der Waals surface area contributed by atoms with Gasteiger partial charge in [-0.2, -0.15) is 5.10 Å². The number of nitrogens with zero attached hydrogens (tertiary/aromatic N) is 3. The number of aryl methyl sites for hydroxylation is 2. The second-order valence-electron chi connectivity index (χ2n) is 7.89. The van der Waals surface area contributed by atoms with Crippen molar-refractivity contribution in [3.63, 3.8) is 0 Å². The molecule has 0 bridgehead atoms. The van der Waals surface area contributed by atoms with Crippen molar-refractivity contribution in [3.05, 3.63) is 106 Å². The molecule has 0 aliphatic heterocycles. The Labute approximate surface area is 180 Å². The Morgan fingerprint density at radius 3 is 2.58 bits per heavy atom. The molecule has 3 heterocycles. The summed E-state index contributed by atoms with van der Waals surface area (Å²) in [6.07, 6.45) is 3.66. The number of fused-ring (bicyclic) bond motifs is 1. The van der Waals surface area contributed by atoms with Crippen LogP contribution in [0.25, 0.3) is 33.3 Å². The normalized spacial score (nSPS) is 11.2. The zero-order valence-corrected chi connectivity index (χ0v) is 17.5. The summed E-state index contributed by atoms with van der Waals surface area (Å²) in [7, 11) is 0. The van der Waals surface area contributed by atoms with Crippen LogP contribution in [-0.2, 0) is 6.54 Å². The van der Waals surface area contributed by atoms with Gasteiger partial charge in [0.2, 0.25) is 0 Å². The van der Waals surface area contributed by atoms with Crippen LogP contribution in [0.4, 0.5) is 0 Å². The molecule has 0 atom stereocenters. The minimum absolute atomic E-state index is 0.0173. The first kappa shape index (κ1) is 19.0. The summed E-state index contributed by atoms with van der Waals surface area (Å²) in [5.74, 6) is 0. The maximum atomic E-state index is 12.8. The first-order valence-electron chi connectivity index (χ1n) is 10.2. The van der Waals surface area contributed by atoms with Gasteiger partial charge < -0.3 is 4.57 Å². The van der Waals surface area contributed by atoms with Gasteiger partial charge in [0.1, 0.15) is 5.69 Å².